The van der Waals surface area contributed by atoms with Crippen LogP contribution in [0.15, 0.2) is 60.7 Å². The molecule has 4 aromatic rings. The number of likely N-dealkylation sites (tertiary alicyclic amines) is 1. The van der Waals surface area contributed by atoms with Gasteiger partial charge in [0.25, 0.3) is 5.91 Å². The number of H-pyrrole nitrogens is 1. The second kappa shape index (κ2) is 9.28. The van der Waals surface area contributed by atoms with Gasteiger partial charge in [-0.25, -0.2) is 4.98 Å². The quantitative estimate of drug-likeness (QED) is 0.453. The Kier molecular flexibility index (Phi) is 5.89. The number of hydrogen-bond donors (Lipinski definition) is 2. The van der Waals surface area contributed by atoms with Crippen LogP contribution in [-0.2, 0) is 11.3 Å². The molecule has 168 valence electrons. The number of carbonyl (C=O) groups excluding carboxylic acids is 1. The molecule has 0 saturated carbocycles. The number of fused-ring (bicyclic) bond motifs is 1. The van der Waals surface area contributed by atoms with Gasteiger partial charge in [-0.1, -0.05) is 24.3 Å². The molecule has 1 fully saturated rings. The molecular weight excluding hydrogens is 416 g/mol. The third-order valence-corrected chi connectivity index (χ3v) is 5.89. The number of hydrogen-bond acceptors (Lipinski definition) is 6. The van der Waals surface area contributed by atoms with E-state index in [-0.39, 0.29) is 18.4 Å². The van der Waals surface area contributed by atoms with Crippen molar-refractivity contribution in [2.24, 2.45) is 0 Å². The molecule has 5 rings (SSSR count). The van der Waals surface area contributed by atoms with Gasteiger partial charge in [0.05, 0.1) is 17.6 Å². The highest BCUT2D eigenvalue weighted by Crippen LogP contribution is 2.28. The van der Waals surface area contributed by atoms with Gasteiger partial charge < -0.3 is 15.0 Å². The Morgan fingerprint density at radius 2 is 2.00 bits per heavy atom. The molecule has 0 aliphatic carbocycles. The van der Waals surface area contributed by atoms with E-state index in [2.05, 4.69) is 20.5 Å². The lowest BCUT2D eigenvalue weighted by atomic mass is 10.0. The number of carbonyl (C=O) groups is 1. The van der Waals surface area contributed by atoms with Crippen molar-refractivity contribution in [1.82, 2.24) is 25.1 Å². The molecule has 1 saturated heterocycles. The average molecular weight is 443 g/mol. The van der Waals surface area contributed by atoms with Crippen molar-refractivity contribution in [2.45, 2.75) is 25.8 Å². The zero-order valence-corrected chi connectivity index (χ0v) is 18.5. The molecule has 4 heterocycles. The minimum Gasteiger partial charge on any atom is -0.484 e. The van der Waals surface area contributed by atoms with Gasteiger partial charge in [-0.2, -0.15) is 5.10 Å². The van der Waals surface area contributed by atoms with Gasteiger partial charge in [0.2, 0.25) is 0 Å². The van der Waals surface area contributed by atoms with E-state index in [1.807, 2.05) is 72.5 Å². The highest BCUT2D eigenvalue weighted by molar-refractivity contribution is 5.87. The predicted molar refractivity (Wildman–Crippen MR) is 126 cm³/mol. The Morgan fingerprint density at radius 3 is 2.85 bits per heavy atom. The largest absolute Gasteiger partial charge is 0.484 e. The van der Waals surface area contributed by atoms with Gasteiger partial charge in [-0.15, -0.1) is 0 Å². The van der Waals surface area contributed by atoms with E-state index in [4.69, 9.17) is 9.72 Å². The maximum Gasteiger partial charge on any atom is 0.260 e. The van der Waals surface area contributed by atoms with Gasteiger partial charge in [-0.3, -0.25) is 14.9 Å². The lowest BCUT2D eigenvalue weighted by Gasteiger charge is -2.17. The van der Waals surface area contributed by atoms with Crippen molar-refractivity contribution in [3.8, 4) is 5.75 Å². The summed E-state index contributed by atoms with van der Waals surface area (Å²) in [5.74, 6) is 1.66. The molecule has 0 spiro atoms. The average Bonchev–Trinajstić information content (AvgIpc) is 3.49. The number of para-hydroxylation sites is 1. The molecule has 33 heavy (non-hydrogen) atoms. The number of anilines is 1. The summed E-state index contributed by atoms with van der Waals surface area (Å²) in [6.45, 7) is 3.98. The lowest BCUT2D eigenvalue weighted by Crippen LogP contribution is -2.32. The number of aromatic amines is 1. The van der Waals surface area contributed by atoms with Crippen LogP contribution in [0.1, 0.15) is 29.4 Å². The number of rotatable bonds is 7. The van der Waals surface area contributed by atoms with Crippen molar-refractivity contribution in [2.75, 3.05) is 25.0 Å². The van der Waals surface area contributed by atoms with Crippen molar-refractivity contribution in [3.05, 3.63) is 77.7 Å². The van der Waals surface area contributed by atoms with Crippen LogP contribution in [0.3, 0.4) is 0 Å². The normalized spacial score (nSPS) is 15.7. The summed E-state index contributed by atoms with van der Waals surface area (Å²) in [5, 5.41) is 11.7. The van der Waals surface area contributed by atoms with Gasteiger partial charge in [-0.05, 0) is 49.7 Å². The van der Waals surface area contributed by atoms with Crippen LogP contribution in [0.5, 0.6) is 5.75 Å². The molecule has 8 heteroatoms. The SMILES string of the molecule is Cc1cccc(CNc2n[nH]c3nc([C@@H]4CCN(C(=O)COc5ccccc5)C4)ccc23)n1. The van der Waals surface area contributed by atoms with Crippen LogP contribution in [-0.4, -0.2) is 50.7 Å². The first-order valence-corrected chi connectivity index (χ1v) is 11.1. The van der Waals surface area contributed by atoms with Crippen molar-refractivity contribution in [3.63, 3.8) is 0 Å². The summed E-state index contributed by atoms with van der Waals surface area (Å²) < 4.78 is 5.61. The summed E-state index contributed by atoms with van der Waals surface area (Å²) in [5.41, 5.74) is 3.66. The van der Waals surface area contributed by atoms with Crippen LogP contribution in [0.4, 0.5) is 5.82 Å². The van der Waals surface area contributed by atoms with Crippen LogP contribution in [0.2, 0.25) is 0 Å². The van der Waals surface area contributed by atoms with Crippen LogP contribution in [0, 0.1) is 6.92 Å². The van der Waals surface area contributed by atoms with Gasteiger partial charge in [0.15, 0.2) is 18.1 Å². The van der Waals surface area contributed by atoms with Crippen LogP contribution < -0.4 is 10.1 Å². The maximum absolute atomic E-state index is 12.6. The first-order chi connectivity index (χ1) is 16.2. The number of aryl methyl sites for hydroxylation is 1. The summed E-state index contributed by atoms with van der Waals surface area (Å²) >= 11 is 0. The maximum atomic E-state index is 12.6. The number of benzene rings is 1. The Labute approximate surface area is 192 Å². The molecule has 0 bridgehead atoms. The molecule has 0 radical (unpaired) electrons. The Morgan fingerprint density at radius 1 is 1.12 bits per heavy atom. The summed E-state index contributed by atoms with van der Waals surface area (Å²) in [4.78, 5) is 23.7. The summed E-state index contributed by atoms with van der Waals surface area (Å²) in [7, 11) is 0. The Balaban J connectivity index is 1.20. The first kappa shape index (κ1) is 20.9. The van der Waals surface area contributed by atoms with Gasteiger partial charge in [0, 0.05) is 30.4 Å². The fourth-order valence-corrected chi connectivity index (χ4v) is 4.14. The third kappa shape index (κ3) is 4.79. The fraction of sp³-hybridized carbons (Fsp3) is 0.280. The predicted octanol–water partition coefficient (Wildman–Crippen LogP) is 3.67. The number of pyridine rings is 2. The molecule has 1 aliphatic heterocycles. The van der Waals surface area contributed by atoms with Crippen molar-refractivity contribution in [1.29, 1.82) is 0 Å². The van der Waals surface area contributed by atoms with E-state index in [0.29, 0.717) is 25.4 Å². The van der Waals surface area contributed by atoms with Crippen LogP contribution >= 0.6 is 0 Å². The molecule has 1 aromatic carbocycles. The Bertz CT molecular complexity index is 1260. The van der Waals surface area contributed by atoms with E-state index in [0.717, 1.165) is 40.4 Å². The second-order valence-corrected chi connectivity index (χ2v) is 8.26. The number of amides is 1. The number of nitrogens with zero attached hydrogens (tertiary/aromatic N) is 4. The highest BCUT2D eigenvalue weighted by Gasteiger charge is 2.28. The number of nitrogens with one attached hydrogen (secondary N) is 2. The fourth-order valence-electron chi connectivity index (χ4n) is 4.14. The molecule has 1 atom stereocenters. The topological polar surface area (TPSA) is 96.0 Å². The lowest BCUT2D eigenvalue weighted by molar-refractivity contribution is -0.132. The minimum absolute atomic E-state index is 0.000200. The van der Waals surface area contributed by atoms with E-state index in [9.17, 15) is 4.79 Å². The van der Waals surface area contributed by atoms with Gasteiger partial charge in [0.1, 0.15) is 5.75 Å². The van der Waals surface area contributed by atoms with Crippen LogP contribution in [0.25, 0.3) is 11.0 Å². The van der Waals surface area contributed by atoms with E-state index >= 15 is 0 Å². The monoisotopic (exact) mass is 442 g/mol. The first-order valence-electron chi connectivity index (χ1n) is 11.1. The second-order valence-electron chi connectivity index (χ2n) is 8.26. The Hall–Kier alpha value is -3.94. The van der Waals surface area contributed by atoms with Crippen molar-refractivity contribution >= 4 is 22.8 Å². The summed E-state index contributed by atoms with van der Waals surface area (Å²) in [6, 6.07) is 19.4. The molecule has 3 aromatic heterocycles. The zero-order chi connectivity index (χ0) is 22.6. The molecule has 8 nitrogen and oxygen atoms in total. The minimum atomic E-state index is 0.000200. The molecule has 0 unspecified atom stereocenters. The highest BCUT2D eigenvalue weighted by atomic mass is 16.5. The number of ether oxygens (including phenoxy) is 1. The van der Waals surface area contributed by atoms with Crippen molar-refractivity contribution < 1.29 is 9.53 Å². The van der Waals surface area contributed by atoms with Gasteiger partial charge >= 0.3 is 0 Å². The van der Waals surface area contributed by atoms with E-state index < -0.39 is 0 Å². The molecule has 1 amide bonds. The van der Waals surface area contributed by atoms with E-state index in [1.54, 1.807) is 0 Å². The number of aromatic nitrogens is 4. The third-order valence-electron chi connectivity index (χ3n) is 5.89. The molecule has 1 aliphatic rings. The zero-order valence-electron chi connectivity index (χ0n) is 18.5. The summed E-state index contributed by atoms with van der Waals surface area (Å²) in [6.07, 6.45) is 0.883. The molecular formula is C25H26N6O2. The molecule has 2 N–H and O–H groups in total. The smallest absolute Gasteiger partial charge is 0.260 e. The van der Waals surface area contributed by atoms with E-state index in [1.165, 1.54) is 0 Å². The standard InChI is InChI=1S/C25H26N6O2/c1-17-6-5-7-19(27-17)14-26-24-21-10-11-22(28-25(21)30-29-24)18-12-13-31(15-18)23(32)16-33-20-8-3-2-4-9-20/h2-11,18H,12-16H2,1H3,(H2,26,28,29,30)/t18-/m1/s1.